The third kappa shape index (κ3) is 3.30. The van der Waals surface area contributed by atoms with Crippen molar-refractivity contribution in [1.29, 1.82) is 0 Å². The molecule has 17 heavy (non-hydrogen) atoms. The van der Waals surface area contributed by atoms with Crippen LogP contribution in [0.25, 0.3) is 0 Å². The molecule has 1 atom stereocenters. The summed E-state index contributed by atoms with van der Waals surface area (Å²) in [5.41, 5.74) is 7.28. The molecule has 6 heteroatoms. The highest BCUT2D eigenvalue weighted by Crippen LogP contribution is 2.15. The molecule has 1 rings (SSSR count). The van der Waals surface area contributed by atoms with E-state index in [1.54, 1.807) is 6.20 Å². The molecule has 0 bridgehead atoms. The van der Waals surface area contributed by atoms with Crippen molar-refractivity contribution in [3.05, 3.63) is 17.6 Å². The molecule has 1 unspecified atom stereocenters. The van der Waals surface area contributed by atoms with Crippen molar-refractivity contribution in [2.24, 2.45) is 16.8 Å². The van der Waals surface area contributed by atoms with Gasteiger partial charge in [-0.05, 0) is 13.8 Å². The smallest absolute Gasteiger partial charge is 0.150 e. The summed E-state index contributed by atoms with van der Waals surface area (Å²) < 4.78 is 0. The van der Waals surface area contributed by atoms with Crippen LogP contribution in [0, 0.1) is 19.8 Å². The number of rotatable bonds is 4. The molecule has 0 saturated carbocycles. The minimum absolute atomic E-state index is 0.0493. The van der Waals surface area contributed by atoms with Crippen molar-refractivity contribution in [3.8, 4) is 0 Å². The molecule has 6 nitrogen and oxygen atoms in total. The molecule has 0 spiro atoms. The highest BCUT2D eigenvalue weighted by molar-refractivity contribution is 5.82. The van der Waals surface area contributed by atoms with E-state index in [2.05, 4.69) is 15.1 Å². The van der Waals surface area contributed by atoms with Crippen LogP contribution in [-0.4, -0.2) is 34.6 Å². The lowest BCUT2D eigenvalue weighted by molar-refractivity contribution is 0.314. The molecule has 0 aliphatic rings. The zero-order valence-electron chi connectivity index (χ0n) is 10.7. The number of nitrogens with two attached hydrogens (primary N) is 1. The fourth-order valence-corrected chi connectivity index (χ4v) is 1.58. The van der Waals surface area contributed by atoms with Crippen molar-refractivity contribution in [2.45, 2.75) is 20.8 Å². The van der Waals surface area contributed by atoms with Crippen molar-refractivity contribution in [3.63, 3.8) is 0 Å². The first-order valence-corrected chi connectivity index (χ1v) is 5.44. The number of nitrogens with zero attached hydrogens (tertiary/aromatic N) is 4. The summed E-state index contributed by atoms with van der Waals surface area (Å²) in [6.07, 6.45) is 1.74. The predicted octanol–water partition coefficient (Wildman–Crippen LogP) is 0.912. The lowest BCUT2D eigenvalue weighted by Gasteiger charge is -2.23. The van der Waals surface area contributed by atoms with E-state index in [0.717, 1.165) is 17.2 Å². The molecule has 0 saturated heterocycles. The molecule has 0 aliphatic heterocycles. The SMILES string of the molecule is Cc1cnc(C)c(N(C)CC(C)C(N)=NO)n1. The number of anilines is 1. The molecule has 0 aliphatic carbocycles. The van der Waals surface area contributed by atoms with Crippen LogP contribution < -0.4 is 10.6 Å². The van der Waals surface area contributed by atoms with Gasteiger partial charge in [0, 0.05) is 25.7 Å². The summed E-state index contributed by atoms with van der Waals surface area (Å²) in [5.74, 6) is 0.990. The number of aromatic nitrogens is 2. The third-order valence-electron chi connectivity index (χ3n) is 2.58. The average molecular weight is 237 g/mol. The summed E-state index contributed by atoms with van der Waals surface area (Å²) in [5, 5.41) is 11.6. The van der Waals surface area contributed by atoms with E-state index in [1.165, 1.54) is 0 Å². The van der Waals surface area contributed by atoms with E-state index in [0.29, 0.717) is 6.54 Å². The Morgan fingerprint density at radius 1 is 1.59 bits per heavy atom. The first-order valence-electron chi connectivity index (χ1n) is 5.44. The van der Waals surface area contributed by atoms with Gasteiger partial charge in [0.25, 0.3) is 0 Å². The van der Waals surface area contributed by atoms with Crippen molar-refractivity contribution in [1.82, 2.24) is 9.97 Å². The van der Waals surface area contributed by atoms with Crippen molar-refractivity contribution < 1.29 is 5.21 Å². The molecule has 1 aromatic heterocycles. The molecule has 1 aromatic rings. The topological polar surface area (TPSA) is 87.6 Å². The molecular formula is C11H19N5O. The molecule has 0 aromatic carbocycles. The Bertz CT molecular complexity index is 418. The van der Waals surface area contributed by atoms with Crippen LogP contribution in [-0.2, 0) is 0 Å². The monoisotopic (exact) mass is 237 g/mol. The highest BCUT2D eigenvalue weighted by atomic mass is 16.4. The van der Waals surface area contributed by atoms with Crippen LogP contribution in [0.2, 0.25) is 0 Å². The van der Waals surface area contributed by atoms with Gasteiger partial charge in [-0.3, -0.25) is 4.98 Å². The molecule has 0 radical (unpaired) electrons. The molecular weight excluding hydrogens is 218 g/mol. The largest absolute Gasteiger partial charge is 0.409 e. The molecule has 3 N–H and O–H groups in total. The maximum absolute atomic E-state index is 8.60. The Labute approximate surface area is 101 Å². The molecule has 0 fully saturated rings. The summed E-state index contributed by atoms with van der Waals surface area (Å²) >= 11 is 0. The Balaban J connectivity index is 2.83. The summed E-state index contributed by atoms with van der Waals surface area (Å²) in [7, 11) is 1.91. The van der Waals surface area contributed by atoms with Gasteiger partial charge in [0.15, 0.2) is 0 Å². The minimum Gasteiger partial charge on any atom is -0.409 e. The second kappa shape index (κ2) is 5.47. The van der Waals surface area contributed by atoms with Crippen LogP contribution >= 0.6 is 0 Å². The first kappa shape index (κ1) is 13.2. The maximum atomic E-state index is 8.60. The van der Waals surface area contributed by atoms with Crippen molar-refractivity contribution in [2.75, 3.05) is 18.5 Å². The first-order chi connectivity index (χ1) is 7.95. The zero-order chi connectivity index (χ0) is 13.0. The number of aryl methyl sites for hydroxylation is 2. The Kier molecular flexibility index (Phi) is 4.25. The summed E-state index contributed by atoms with van der Waals surface area (Å²) in [6.45, 7) is 6.32. The van der Waals surface area contributed by atoms with Gasteiger partial charge in [0.2, 0.25) is 0 Å². The van der Waals surface area contributed by atoms with E-state index in [9.17, 15) is 0 Å². The lowest BCUT2D eigenvalue weighted by atomic mass is 10.1. The Morgan fingerprint density at radius 2 is 2.24 bits per heavy atom. The number of oxime groups is 1. The lowest BCUT2D eigenvalue weighted by Crippen LogP contribution is -2.33. The van der Waals surface area contributed by atoms with Crippen LogP contribution in [0.4, 0.5) is 5.82 Å². The maximum Gasteiger partial charge on any atom is 0.150 e. The van der Waals surface area contributed by atoms with Crippen LogP contribution in [0.15, 0.2) is 11.4 Å². The zero-order valence-corrected chi connectivity index (χ0v) is 10.7. The third-order valence-corrected chi connectivity index (χ3v) is 2.58. The Morgan fingerprint density at radius 3 is 2.82 bits per heavy atom. The van der Waals surface area contributed by atoms with Gasteiger partial charge in [-0.1, -0.05) is 12.1 Å². The van der Waals surface area contributed by atoms with Gasteiger partial charge in [0.1, 0.15) is 11.7 Å². The fraction of sp³-hybridized carbons (Fsp3) is 0.545. The van der Waals surface area contributed by atoms with E-state index in [1.807, 2.05) is 32.7 Å². The number of amidine groups is 1. The molecule has 94 valence electrons. The van der Waals surface area contributed by atoms with E-state index >= 15 is 0 Å². The Hall–Kier alpha value is -1.85. The average Bonchev–Trinajstić information content (AvgIpc) is 2.30. The standard InChI is InChI=1S/C11H19N5O/c1-7(10(12)15-17)6-16(4)11-9(3)13-5-8(2)14-11/h5,7,17H,6H2,1-4H3,(H2,12,15). The number of hydrogen-bond acceptors (Lipinski definition) is 5. The second-order valence-electron chi connectivity index (χ2n) is 4.23. The normalized spacial score (nSPS) is 13.5. The molecule has 0 amide bonds. The summed E-state index contributed by atoms with van der Waals surface area (Å²) in [6, 6.07) is 0. The number of hydrogen-bond donors (Lipinski definition) is 2. The van der Waals surface area contributed by atoms with E-state index in [-0.39, 0.29) is 11.8 Å². The molecule has 1 heterocycles. The minimum atomic E-state index is -0.0493. The van der Waals surface area contributed by atoms with Gasteiger partial charge < -0.3 is 15.8 Å². The fourth-order valence-electron chi connectivity index (χ4n) is 1.58. The highest BCUT2D eigenvalue weighted by Gasteiger charge is 2.14. The van der Waals surface area contributed by atoms with Gasteiger partial charge in [-0.25, -0.2) is 4.98 Å². The van der Waals surface area contributed by atoms with E-state index in [4.69, 9.17) is 10.9 Å². The van der Waals surface area contributed by atoms with Crippen LogP contribution in [0.3, 0.4) is 0 Å². The quantitative estimate of drug-likeness (QED) is 0.352. The van der Waals surface area contributed by atoms with Gasteiger partial charge in [-0.15, -0.1) is 0 Å². The van der Waals surface area contributed by atoms with Crippen molar-refractivity contribution >= 4 is 11.7 Å². The van der Waals surface area contributed by atoms with Crippen LogP contribution in [0.5, 0.6) is 0 Å². The van der Waals surface area contributed by atoms with Gasteiger partial charge in [-0.2, -0.15) is 0 Å². The van der Waals surface area contributed by atoms with Crippen LogP contribution in [0.1, 0.15) is 18.3 Å². The van der Waals surface area contributed by atoms with Gasteiger partial charge in [0.05, 0.1) is 11.4 Å². The van der Waals surface area contributed by atoms with Gasteiger partial charge >= 0.3 is 0 Å². The predicted molar refractivity (Wildman–Crippen MR) is 67.3 cm³/mol. The van der Waals surface area contributed by atoms with E-state index < -0.39 is 0 Å². The summed E-state index contributed by atoms with van der Waals surface area (Å²) in [4.78, 5) is 10.6. The second-order valence-corrected chi connectivity index (χ2v) is 4.23.